The Morgan fingerprint density at radius 1 is 1.08 bits per heavy atom. The van der Waals surface area contributed by atoms with Gasteiger partial charge in [0.25, 0.3) is 6.43 Å². The molecule has 0 amide bonds. The van der Waals surface area contributed by atoms with Crippen LogP contribution in [0, 0.1) is 11.6 Å². The number of hydrogen-bond donors (Lipinski definition) is 7. The fourth-order valence-corrected chi connectivity index (χ4v) is 6.38. The van der Waals surface area contributed by atoms with Gasteiger partial charge in [-0.05, 0) is 30.5 Å². The number of ether oxygens (including phenoxy) is 2. The van der Waals surface area contributed by atoms with E-state index in [1.54, 1.807) is 9.47 Å². The molecule has 5 heterocycles. The van der Waals surface area contributed by atoms with Crippen LogP contribution in [0.25, 0.3) is 22.4 Å². The number of pyridine rings is 1. The van der Waals surface area contributed by atoms with E-state index in [0.29, 0.717) is 24.2 Å². The van der Waals surface area contributed by atoms with Gasteiger partial charge in [0.2, 0.25) is 0 Å². The second kappa shape index (κ2) is 14.2. The number of halogens is 4. The summed E-state index contributed by atoms with van der Waals surface area (Å²) >= 11 is 0. The molecule has 2 fully saturated rings. The molecule has 0 spiro atoms. The van der Waals surface area contributed by atoms with Crippen LogP contribution in [0.15, 0.2) is 37.1 Å². The molecular weight excluding hydrogens is 672 g/mol. The molecule has 4 aromatic rings. The van der Waals surface area contributed by atoms with Crippen LogP contribution in [-0.4, -0.2) is 126 Å². The van der Waals surface area contributed by atoms with Crippen molar-refractivity contribution in [1.82, 2.24) is 24.5 Å². The summed E-state index contributed by atoms with van der Waals surface area (Å²) in [5, 5.41) is 53.5. The first-order valence-corrected chi connectivity index (χ1v) is 15.6. The maximum Gasteiger partial charge on any atom is 0.265 e. The summed E-state index contributed by atoms with van der Waals surface area (Å²) in [5.41, 5.74) is 5.89. The van der Waals surface area contributed by atoms with Crippen LogP contribution >= 0.6 is 0 Å². The summed E-state index contributed by atoms with van der Waals surface area (Å²) in [6, 6.07) is 3.35. The first-order valence-electron chi connectivity index (χ1n) is 15.6. The molecule has 2 aliphatic rings. The van der Waals surface area contributed by atoms with Gasteiger partial charge in [-0.15, -0.1) is 0 Å². The molecule has 1 aromatic carbocycles. The minimum Gasteiger partial charge on any atom is -0.494 e. The monoisotopic (exact) mass is 708 g/mol. The molecule has 2 aliphatic heterocycles. The summed E-state index contributed by atoms with van der Waals surface area (Å²) in [6.07, 6.45) is -7.95. The molecule has 0 radical (unpaired) electrons. The number of methoxy groups -OCH3 is 1. The topological polar surface area (TPSA) is 217 Å². The summed E-state index contributed by atoms with van der Waals surface area (Å²) in [5.74, 6) is -1.85. The standard InChI is InChI=1S/C31H36F4N8O7/c1-49-20-7-16(32)15(6-17(20)33)18-5-14(19(8-37-18)42-4-2-3-31(36,11-42)26(48)27(34)35)9-43-13-40-22-28(38-12-39-29(22)43)41-30-25(47)24(46)23(45)21(10-44)50-30/h5-8,12-13,21,23-27,30,44-48H,2-4,9-11,36H2,1H3,(H,38,39,41)/t21-,23+,24+,25-,26-,30?,31-/m1/s1. The van der Waals surface area contributed by atoms with Gasteiger partial charge in [0.05, 0.1) is 49.7 Å². The largest absolute Gasteiger partial charge is 0.494 e. The van der Waals surface area contributed by atoms with Crippen molar-refractivity contribution < 1.29 is 52.6 Å². The van der Waals surface area contributed by atoms with Gasteiger partial charge < -0.3 is 55.5 Å². The smallest absolute Gasteiger partial charge is 0.265 e. The molecule has 6 rings (SSSR count). The molecular formula is C31H36F4N8O7. The maximum atomic E-state index is 15.2. The lowest BCUT2D eigenvalue weighted by Gasteiger charge is -2.44. The normalized spacial score (nSPS) is 26.4. The van der Waals surface area contributed by atoms with Crippen molar-refractivity contribution in [1.29, 1.82) is 0 Å². The highest BCUT2D eigenvalue weighted by Crippen LogP contribution is 2.35. The Labute approximate surface area is 281 Å². The first-order chi connectivity index (χ1) is 23.8. The average Bonchev–Trinajstić information content (AvgIpc) is 3.52. The lowest BCUT2D eigenvalue weighted by atomic mass is 9.84. The number of benzene rings is 1. The second-order valence-electron chi connectivity index (χ2n) is 12.4. The van der Waals surface area contributed by atoms with E-state index in [-0.39, 0.29) is 53.5 Å². The van der Waals surface area contributed by atoms with E-state index < -0.39 is 67.0 Å². The number of nitrogens with two attached hydrogens (primary N) is 1. The van der Waals surface area contributed by atoms with Crippen molar-refractivity contribution in [3.63, 3.8) is 0 Å². The highest BCUT2D eigenvalue weighted by Gasteiger charge is 2.45. The highest BCUT2D eigenvalue weighted by atomic mass is 19.3. The fraction of sp³-hybridized carbons (Fsp3) is 0.484. The van der Waals surface area contributed by atoms with Crippen molar-refractivity contribution in [2.75, 3.05) is 37.0 Å². The van der Waals surface area contributed by atoms with E-state index in [4.69, 9.17) is 15.2 Å². The van der Waals surface area contributed by atoms with Crippen molar-refractivity contribution in [3.8, 4) is 17.0 Å². The molecule has 2 saturated heterocycles. The van der Waals surface area contributed by atoms with E-state index in [0.717, 1.165) is 12.1 Å². The number of hydrogen-bond acceptors (Lipinski definition) is 14. The number of piperidine rings is 1. The molecule has 0 saturated carbocycles. The zero-order valence-corrected chi connectivity index (χ0v) is 26.6. The Balaban J connectivity index is 1.38. The Hall–Kier alpha value is -4.24. The molecule has 19 heteroatoms. The predicted molar refractivity (Wildman–Crippen MR) is 168 cm³/mol. The van der Waals surface area contributed by atoms with E-state index >= 15 is 4.39 Å². The molecule has 8 N–H and O–H groups in total. The van der Waals surface area contributed by atoms with E-state index in [9.17, 15) is 38.7 Å². The minimum atomic E-state index is -3.07. The van der Waals surface area contributed by atoms with Crippen LogP contribution in [0.1, 0.15) is 18.4 Å². The Morgan fingerprint density at radius 3 is 2.58 bits per heavy atom. The van der Waals surface area contributed by atoms with E-state index in [1.807, 2.05) is 0 Å². The van der Waals surface area contributed by atoms with Crippen molar-refractivity contribution in [2.24, 2.45) is 5.73 Å². The summed E-state index contributed by atoms with van der Waals surface area (Å²) in [6.45, 7) is -0.431. The fourth-order valence-electron chi connectivity index (χ4n) is 6.38. The maximum absolute atomic E-state index is 15.2. The van der Waals surface area contributed by atoms with Gasteiger partial charge in [-0.1, -0.05) is 0 Å². The van der Waals surface area contributed by atoms with Crippen molar-refractivity contribution in [3.05, 3.63) is 54.2 Å². The molecule has 15 nitrogen and oxygen atoms in total. The van der Waals surface area contributed by atoms with Gasteiger partial charge in [-0.25, -0.2) is 32.5 Å². The van der Waals surface area contributed by atoms with Crippen LogP contribution in [0.2, 0.25) is 0 Å². The number of rotatable bonds is 10. The van der Waals surface area contributed by atoms with E-state index in [2.05, 4.69) is 25.3 Å². The third kappa shape index (κ3) is 6.64. The first kappa shape index (κ1) is 35.6. The SMILES string of the molecule is COc1cc(F)c(-c2cc(Cn3cnc4c(NC5O[C@H](CO)[C@H](O)[C@H](O)[C@H]5O)ncnc43)c(N3CCC[C@](N)([C@H](O)C(F)F)C3)cn2)cc1F. The zero-order chi connectivity index (χ0) is 35.9. The number of nitrogens with one attached hydrogen (secondary N) is 1. The summed E-state index contributed by atoms with van der Waals surface area (Å²) in [4.78, 5) is 19.0. The van der Waals surface area contributed by atoms with Gasteiger partial charge in [0, 0.05) is 24.7 Å². The van der Waals surface area contributed by atoms with Crippen molar-refractivity contribution in [2.45, 2.75) is 68.1 Å². The summed E-state index contributed by atoms with van der Waals surface area (Å²) < 4.78 is 69.0. The number of anilines is 2. The number of nitrogens with zero attached hydrogens (tertiary/aromatic N) is 6. The van der Waals surface area contributed by atoms with Gasteiger partial charge in [0.15, 0.2) is 34.8 Å². The highest BCUT2D eigenvalue weighted by molar-refractivity contribution is 5.83. The van der Waals surface area contributed by atoms with Gasteiger partial charge in [-0.3, -0.25) is 4.98 Å². The Bertz CT molecular complexity index is 1840. The number of alkyl halides is 2. The Kier molecular flexibility index (Phi) is 10.1. The molecule has 3 aromatic heterocycles. The number of imidazole rings is 1. The van der Waals surface area contributed by atoms with Crippen molar-refractivity contribution >= 4 is 22.7 Å². The van der Waals surface area contributed by atoms with Crippen LogP contribution in [0.5, 0.6) is 5.75 Å². The van der Waals surface area contributed by atoms with Crippen LogP contribution < -0.4 is 20.7 Å². The van der Waals surface area contributed by atoms with Gasteiger partial charge >= 0.3 is 0 Å². The molecule has 0 bridgehead atoms. The van der Waals surface area contributed by atoms with Crippen LogP contribution in [-0.2, 0) is 11.3 Å². The third-order valence-electron chi connectivity index (χ3n) is 9.12. The molecule has 0 aliphatic carbocycles. The zero-order valence-electron chi connectivity index (χ0n) is 26.6. The number of aliphatic hydroxyl groups is 5. The number of aromatic nitrogens is 5. The molecule has 50 heavy (non-hydrogen) atoms. The van der Waals surface area contributed by atoms with Crippen LogP contribution in [0.3, 0.4) is 0 Å². The molecule has 7 atom stereocenters. The Morgan fingerprint density at radius 2 is 1.86 bits per heavy atom. The van der Waals surface area contributed by atoms with E-state index in [1.165, 1.54) is 32.0 Å². The lowest BCUT2D eigenvalue weighted by molar-refractivity contribution is -0.221. The molecule has 1 unspecified atom stereocenters. The van der Waals surface area contributed by atoms with Crippen LogP contribution in [0.4, 0.5) is 29.1 Å². The third-order valence-corrected chi connectivity index (χ3v) is 9.12. The minimum absolute atomic E-state index is 0.0103. The average molecular weight is 709 g/mol. The predicted octanol–water partition coefficient (Wildman–Crippen LogP) is 0.359. The van der Waals surface area contributed by atoms with Gasteiger partial charge in [-0.2, -0.15) is 0 Å². The quantitative estimate of drug-likeness (QED) is 0.111. The number of fused-ring (bicyclic) bond motifs is 1. The lowest BCUT2D eigenvalue weighted by Crippen LogP contribution is -2.63. The second-order valence-corrected chi connectivity index (χ2v) is 12.4. The molecule has 270 valence electrons. The van der Waals surface area contributed by atoms with Gasteiger partial charge in [0.1, 0.15) is 42.7 Å². The number of aliphatic hydroxyl groups excluding tert-OH is 5. The summed E-state index contributed by atoms with van der Waals surface area (Å²) in [7, 11) is 1.20.